The Hall–Kier alpha value is -1.58. The fourth-order valence-electron chi connectivity index (χ4n) is 2.14. The number of para-hydroxylation sites is 1. The second kappa shape index (κ2) is 5.19. The highest BCUT2D eigenvalue weighted by Crippen LogP contribution is 2.26. The van der Waals surface area contributed by atoms with Gasteiger partial charge in [0.2, 0.25) is 0 Å². The van der Waals surface area contributed by atoms with Crippen LogP contribution < -0.4 is 0 Å². The molecule has 0 radical (unpaired) electrons. The summed E-state index contributed by atoms with van der Waals surface area (Å²) in [7, 11) is 0. The average molecular weight is 292 g/mol. The first-order valence-electron chi connectivity index (χ1n) is 5.93. The van der Waals surface area contributed by atoms with Gasteiger partial charge in [-0.15, -0.1) is 11.6 Å². The first-order chi connectivity index (χ1) is 9.31. The molecular weight excluding hydrogens is 281 g/mol. The highest BCUT2D eigenvalue weighted by Gasteiger charge is 2.13. The van der Waals surface area contributed by atoms with Crippen molar-refractivity contribution in [2.75, 3.05) is 5.88 Å². The minimum Gasteiger partial charge on any atom is -0.295 e. The van der Waals surface area contributed by atoms with Gasteiger partial charge >= 0.3 is 0 Å². The molecule has 0 spiro atoms. The summed E-state index contributed by atoms with van der Waals surface area (Å²) in [6.45, 7) is 0. The molecule has 5 heteroatoms. The molecule has 3 rings (SSSR count). The number of fused-ring (bicyclic) bond motifs is 1. The van der Waals surface area contributed by atoms with Crippen LogP contribution in [-0.2, 0) is 6.42 Å². The van der Waals surface area contributed by atoms with Crippen LogP contribution in [0.1, 0.15) is 5.82 Å². The second-order valence-electron chi connectivity index (χ2n) is 4.12. The van der Waals surface area contributed by atoms with Crippen molar-refractivity contribution in [3.63, 3.8) is 0 Å². The van der Waals surface area contributed by atoms with E-state index in [1.807, 2.05) is 34.9 Å². The summed E-state index contributed by atoms with van der Waals surface area (Å²) in [5.74, 6) is 1.41. The first kappa shape index (κ1) is 12.5. The van der Waals surface area contributed by atoms with E-state index < -0.39 is 0 Å². The Morgan fingerprint density at radius 2 is 2.00 bits per heavy atom. The minimum absolute atomic E-state index is 0.515. The van der Waals surface area contributed by atoms with Gasteiger partial charge in [0.25, 0.3) is 0 Å². The normalized spacial score (nSPS) is 11.1. The van der Waals surface area contributed by atoms with Crippen LogP contribution in [0.25, 0.3) is 16.7 Å². The Morgan fingerprint density at radius 1 is 1.16 bits per heavy atom. The number of nitrogens with zero attached hydrogens (tertiary/aromatic N) is 3. The van der Waals surface area contributed by atoms with Crippen molar-refractivity contribution >= 4 is 34.2 Å². The van der Waals surface area contributed by atoms with Crippen molar-refractivity contribution in [3.05, 3.63) is 53.6 Å². The van der Waals surface area contributed by atoms with E-state index >= 15 is 0 Å². The predicted octanol–water partition coefficient (Wildman–Crippen LogP) is 3.86. The zero-order valence-corrected chi connectivity index (χ0v) is 11.6. The Morgan fingerprint density at radius 3 is 2.79 bits per heavy atom. The van der Waals surface area contributed by atoms with Crippen LogP contribution in [-0.4, -0.2) is 20.4 Å². The van der Waals surface area contributed by atoms with Crippen LogP contribution >= 0.6 is 23.2 Å². The van der Waals surface area contributed by atoms with E-state index in [2.05, 4.69) is 9.97 Å². The zero-order valence-electron chi connectivity index (χ0n) is 10.1. The zero-order chi connectivity index (χ0) is 13.2. The smallest absolute Gasteiger partial charge is 0.115 e. The van der Waals surface area contributed by atoms with Gasteiger partial charge in [0.15, 0.2) is 0 Å². The van der Waals surface area contributed by atoms with Gasteiger partial charge in [-0.05, 0) is 18.2 Å². The van der Waals surface area contributed by atoms with Crippen LogP contribution in [0.3, 0.4) is 0 Å². The summed E-state index contributed by atoms with van der Waals surface area (Å²) < 4.78 is 2.04. The van der Waals surface area contributed by atoms with Crippen LogP contribution in [0, 0.1) is 0 Å². The van der Waals surface area contributed by atoms with Gasteiger partial charge in [-0.25, -0.2) is 4.98 Å². The highest BCUT2D eigenvalue weighted by molar-refractivity contribution is 6.32. The number of imidazole rings is 1. The number of hydrogen-bond donors (Lipinski definition) is 0. The van der Waals surface area contributed by atoms with Gasteiger partial charge in [0.1, 0.15) is 11.3 Å². The summed E-state index contributed by atoms with van der Waals surface area (Å²) in [6.07, 6.45) is 4.18. The maximum atomic E-state index is 6.29. The lowest BCUT2D eigenvalue weighted by molar-refractivity contribution is 0.912. The molecule has 0 atom stereocenters. The summed E-state index contributed by atoms with van der Waals surface area (Å²) in [5, 5.41) is 0.689. The number of halogens is 2. The molecule has 0 saturated carbocycles. The third-order valence-corrected chi connectivity index (χ3v) is 3.45. The lowest BCUT2D eigenvalue weighted by Gasteiger charge is -2.10. The summed E-state index contributed by atoms with van der Waals surface area (Å²) in [5.41, 5.74) is 2.75. The highest BCUT2D eigenvalue weighted by atomic mass is 35.5. The summed E-state index contributed by atoms with van der Waals surface area (Å²) in [6, 6.07) is 9.64. The van der Waals surface area contributed by atoms with Crippen molar-refractivity contribution in [3.8, 4) is 5.69 Å². The standard InChI is InChI=1S/C14H11Cl2N3/c15-7-5-14-18-11-9-17-8-6-13(11)19(14)12-4-2-1-3-10(12)16/h1-4,6,8-9H,5,7H2. The molecule has 0 amide bonds. The largest absolute Gasteiger partial charge is 0.295 e. The van der Waals surface area contributed by atoms with E-state index in [4.69, 9.17) is 23.2 Å². The molecule has 0 aliphatic heterocycles. The predicted molar refractivity (Wildman–Crippen MR) is 78.3 cm³/mol. The number of alkyl halides is 1. The maximum absolute atomic E-state index is 6.29. The third kappa shape index (κ3) is 2.20. The molecule has 0 unspecified atom stereocenters. The monoisotopic (exact) mass is 291 g/mol. The number of hydrogen-bond acceptors (Lipinski definition) is 2. The van der Waals surface area contributed by atoms with Gasteiger partial charge < -0.3 is 0 Å². The van der Waals surface area contributed by atoms with E-state index in [0.29, 0.717) is 17.3 Å². The molecule has 2 aromatic heterocycles. The Bertz CT molecular complexity index is 722. The van der Waals surface area contributed by atoms with Crippen LogP contribution in [0.5, 0.6) is 0 Å². The Labute approximate surface area is 120 Å². The van der Waals surface area contributed by atoms with Gasteiger partial charge in [0, 0.05) is 18.5 Å². The molecule has 0 saturated heterocycles. The number of aryl methyl sites for hydroxylation is 1. The van der Waals surface area contributed by atoms with E-state index in [9.17, 15) is 0 Å². The lowest BCUT2D eigenvalue weighted by Crippen LogP contribution is -2.02. The fourth-order valence-corrected chi connectivity index (χ4v) is 2.53. The van der Waals surface area contributed by atoms with E-state index in [1.54, 1.807) is 12.4 Å². The van der Waals surface area contributed by atoms with Crippen molar-refractivity contribution in [2.24, 2.45) is 0 Å². The molecule has 0 aliphatic carbocycles. The first-order valence-corrected chi connectivity index (χ1v) is 6.84. The van der Waals surface area contributed by atoms with Crippen molar-refractivity contribution in [1.29, 1.82) is 0 Å². The molecule has 0 fully saturated rings. The third-order valence-electron chi connectivity index (χ3n) is 2.94. The van der Waals surface area contributed by atoms with Gasteiger partial charge in [-0.1, -0.05) is 23.7 Å². The molecule has 19 heavy (non-hydrogen) atoms. The number of pyridine rings is 1. The van der Waals surface area contributed by atoms with Crippen molar-refractivity contribution in [1.82, 2.24) is 14.5 Å². The maximum Gasteiger partial charge on any atom is 0.115 e. The topological polar surface area (TPSA) is 30.7 Å². The molecule has 0 bridgehead atoms. The molecular formula is C14H11Cl2N3. The number of rotatable bonds is 3. The van der Waals surface area contributed by atoms with E-state index in [1.165, 1.54) is 0 Å². The lowest BCUT2D eigenvalue weighted by atomic mass is 10.3. The molecule has 3 aromatic rings. The van der Waals surface area contributed by atoms with Crippen LogP contribution in [0.4, 0.5) is 0 Å². The number of aromatic nitrogens is 3. The molecule has 0 aliphatic rings. The molecule has 3 nitrogen and oxygen atoms in total. The van der Waals surface area contributed by atoms with E-state index in [-0.39, 0.29) is 0 Å². The van der Waals surface area contributed by atoms with Gasteiger partial charge in [-0.2, -0.15) is 0 Å². The van der Waals surface area contributed by atoms with Gasteiger partial charge in [-0.3, -0.25) is 9.55 Å². The van der Waals surface area contributed by atoms with Crippen molar-refractivity contribution < 1.29 is 0 Å². The molecule has 2 heterocycles. The minimum atomic E-state index is 0.515. The van der Waals surface area contributed by atoms with Gasteiger partial charge in [0.05, 0.1) is 22.4 Å². The quantitative estimate of drug-likeness (QED) is 0.686. The molecule has 1 aromatic carbocycles. The molecule has 0 N–H and O–H groups in total. The van der Waals surface area contributed by atoms with E-state index in [0.717, 1.165) is 22.5 Å². The van der Waals surface area contributed by atoms with Crippen molar-refractivity contribution in [2.45, 2.75) is 6.42 Å². The van der Waals surface area contributed by atoms with Crippen LogP contribution in [0.2, 0.25) is 5.02 Å². The summed E-state index contributed by atoms with van der Waals surface area (Å²) >= 11 is 12.2. The SMILES string of the molecule is ClCCc1nc2cnccc2n1-c1ccccc1Cl. The average Bonchev–Trinajstić information content (AvgIpc) is 2.78. The molecule has 96 valence electrons. The summed E-state index contributed by atoms with van der Waals surface area (Å²) in [4.78, 5) is 8.68. The Balaban J connectivity index is 2.31. The fraction of sp³-hybridized carbons (Fsp3) is 0.143. The Kier molecular flexibility index (Phi) is 3.40. The second-order valence-corrected chi connectivity index (χ2v) is 4.90. The van der Waals surface area contributed by atoms with Crippen LogP contribution in [0.15, 0.2) is 42.7 Å². The number of benzene rings is 1.